The maximum absolute atomic E-state index is 13.9. The lowest BCUT2D eigenvalue weighted by Gasteiger charge is -2.18. The van der Waals surface area contributed by atoms with Crippen molar-refractivity contribution in [1.29, 1.82) is 0 Å². The molecule has 21 heavy (non-hydrogen) atoms. The summed E-state index contributed by atoms with van der Waals surface area (Å²) in [5, 5.41) is -0.256. The van der Waals surface area contributed by atoms with Crippen LogP contribution in [0.15, 0.2) is 36.4 Å². The van der Waals surface area contributed by atoms with E-state index in [2.05, 4.69) is 5.43 Å². The molecule has 2 aromatic carbocycles. The molecule has 1 atom stereocenters. The maximum Gasteiger partial charge on any atom is 0.142 e. The number of rotatable bonds is 5. The van der Waals surface area contributed by atoms with Gasteiger partial charge in [-0.15, -0.1) is 0 Å². The fourth-order valence-corrected chi connectivity index (χ4v) is 2.25. The van der Waals surface area contributed by atoms with Crippen molar-refractivity contribution < 1.29 is 13.5 Å². The number of ether oxygens (including phenoxy) is 1. The Balaban J connectivity index is 2.29. The standard InChI is InChI=1S/C15H15ClF2N2O/c1-21-10-4-2-3-9(5-10)6-15(20-19)11-7-14(18)12(16)8-13(11)17/h2-5,7-8,15,20H,6,19H2,1H3. The lowest BCUT2D eigenvalue weighted by atomic mass is 9.98. The Bertz CT molecular complexity index is 637. The van der Waals surface area contributed by atoms with Crippen LogP contribution in [-0.4, -0.2) is 7.11 Å². The van der Waals surface area contributed by atoms with Crippen molar-refractivity contribution in [1.82, 2.24) is 5.43 Å². The van der Waals surface area contributed by atoms with Crippen LogP contribution in [0.2, 0.25) is 5.02 Å². The van der Waals surface area contributed by atoms with Gasteiger partial charge in [-0.05, 0) is 36.2 Å². The average Bonchev–Trinajstić information content (AvgIpc) is 2.49. The fraction of sp³-hybridized carbons (Fsp3) is 0.200. The van der Waals surface area contributed by atoms with E-state index in [0.717, 1.165) is 17.7 Å². The van der Waals surface area contributed by atoms with E-state index in [4.69, 9.17) is 22.2 Å². The first-order valence-electron chi connectivity index (χ1n) is 6.28. The number of nitrogens with two attached hydrogens (primary N) is 1. The van der Waals surface area contributed by atoms with Crippen LogP contribution in [0, 0.1) is 11.6 Å². The Morgan fingerprint density at radius 1 is 1.24 bits per heavy atom. The monoisotopic (exact) mass is 312 g/mol. The van der Waals surface area contributed by atoms with Gasteiger partial charge in [-0.25, -0.2) is 8.78 Å². The molecule has 0 spiro atoms. The summed E-state index contributed by atoms with van der Waals surface area (Å²) in [6.07, 6.45) is 0.381. The van der Waals surface area contributed by atoms with Crippen molar-refractivity contribution in [2.24, 2.45) is 5.84 Å². The molecular formula is C15H15ClF2N2O. The van der Waals surface area contributed by atoms with Gasteiger partial charge in [-0.3, -0.25) is 11.3 Å². The van der Waals surface area contributed by atoms with Crippen molar-refractivity contribution in [3.05, 3.63) is 64.2 Å². The molecule has 2 rings (SSSR count). The van der Waals surface area contributed by atoms with Crippen LogP contribution < -0.4 is 16.0 Å². The van der Waals surface area contributed by atoms with Crippen molar-refractivity contribution in [2.75, 3.05) is 7.11 Å². The largest absolute Gasteiger partial charge is 0.497 e. The molecule has 0 radical (unpaired) electrons. The van der Waals surface area contributed by atoms with Crippen LogP contribution in [-0.2, 0) is 6.42 Å². The summed E-state index contributed by atoms with van der Waals surface area (Å²) in [5.74, 6) is 4.88. The van der Waals surface area contributed by atoms with Gasteiger partial charge in [0.2, 0.25) is 0 Å². The van der Waals surface area contributed by atoms with Crippen LogP contribution in [0.3, 0.4) is 0 Å². The fourth-order valence-electron chi connectivity index (χ4n) is 2.10. The summed E-state index contributed by atoms with van der Waals surface area (Å²) in [6.45, 7) is 0. The molecule has 6 heteroatoms. The van der Waals surface area contributed by atoms with Gasteiger partial charge in [0.15, 0.2) is 0 Å². The van der Waals surface area contributed by atoms with E-state index in [0.29, 0.717) is 12.2 Å². The number of hydrogen-bond donors (Lipinski definition) is 2. The van der Waals surface area contributed by atoms with Gasteiger partial charge in [-0.1, -0.05) is 23.7 Å². The molecular weight excluding hydrogens is 298 g/mol. The first-order chi connectivity index (χ1) is 10.0. The summed E-state index contributed by atoms with van der Waals surface area (Å²) in [4.78, 5) is 0. The van der Waals surface area contributed by atoms with Gasteiger partial charge in [0.05, 0.1) is 18.2 Å². The smallest absolute Gasteiger partial charge is 0.142 e. The van der Waals surface area contributed by atoms with E-state index >= 15 is 0 Å². The molecule has 3 nitrogen and oxygen atoms in total. The molecule has 0 fully saturated rings. The number of hydrazine groups is 1. The lowest BCUT2D eigenvalue weighted by Crippen LogP contribution is -2.30. The number of halogens is 3. The van der Waals surface area contributed by atoms with Crippen molar-refractivity contribution in [3.63, 3.8) is 0 Å². The Morgan fingerprint density at radius 3 is 2.67 bits per heavy atom. The van der Waals surface area contributed by atoms with Gasteiger partial charge in [0, 0.05) is 5.56 Å². The van der Waals surface area contributed by atoms with Crippen molar-refractivity contribution >= 4 is 11.6 Å². The normalized spacial score (nSPS) is 12.2. The highest BCUT2D eigenvalue weighted by atomic mass is 35.5. The van der Waals surface area contributed by atoms with Crippen LogP contribution in [0.1, 0.15) is 17.2 Å². The zero-order chi connectivity index (χ0) is 15.4. The highest BCUT2D eigenvalue weighted by Gasteiger charge is 2.18. The number of hydrogen-bond acceptors (Lipinski definition) is 3. The molecule has 112 valence electrons. The summed E-state index contributed by atoms with van der Waals surface area (Å²) < 4.78 is 32.6. The lowest BCUT2D eigenvalue weighted by molar-refractivity contribution is 0.413. The van der Waals surface area contributed by atoms with E-state index in [1.165, 1.54) is 0 Å². The number of nitrogens with one attached hydrogen (secondary N) is 1. The van der Waals surface area contributed by atoms with Crippen LogP contribution >= 0.6 is 11.6 Å². The number of methoxy groups -OCH3 is 1. The average molecular weight is 313 g/mol. The SMILES string of the molecule is COc1cccc(CC(NN)c2cc(F)c(Cl)cc2F)c1. The molecule has 0 aliphatic carbocycles. The van der Waals surface area contributed by atoms with Crippen LogP contribution in [0.4, 0.5) is 8.78 Å². The third-order valence-corrected chi connectivity index (χ3v) is 3.48. The highest BCUT2D eigenvalue weighted by molar-refractivity contribution is 6.30. The highest BCUT2D eigenvalue weighted by Crippen LogP contribution is 2.26. The molecule has 0 saturated carbocycles. The first kappa shape index (κ1) is 15.7. The Hall–Kier alpha value is -1.69. The summed E-state index contributed by atoms with van der Waals surface area (Å²) >= 11 is 5.55. The molecule has 3 N–H and O–H groups in total. The van der Waals surface area contributed by atoms with E-state index in [9.17, 15) is 8.78 Å². The minimum Gasteiger partial charge on any atom is -0.497 e. The Labute approximate surface area is 126 Å². The van der Waals surface area contributed by atoms with Gasteiger partial charge in [-0.2, -0.15) is 0 Å². The molecule has 0 amide bonds. The summed E-state index contributed by atoms with van der Waals surface area (Å²) in [5.41, 5.74) is 3.51. The van der Waals surface area contributed by atoms with E-state index in [1.54, 1.807) is 13.2 Å². The quantitative estimate of drug-likeness (QED) is 0.505. The molecule has 2 aromatic rings. The maximum atomic E-state index is 13.9. The Morgan fingerprint density at radius 2 is 2.00 bits per heavy atom. The third kappa shape index (κ3) is 3.69. The van der Waals surface area contributed by atoms with Gasteiger partial charge >= 0.3 is 0 Å². The second kappa shape index (κ2) is 6.85. The van der Waals surface area contributed by atoms with E-state index in [-0.39, 0.29) is 10.6 Å². The van der Waals surface area contributed by atoms with Crippen LogP contribution in [0.25, 0.3) is 0 Å². The van der Waals surface area contributed by atoms with Crippen molar-refractivity contribution in [3.8, 4) is 5.75 Å². The minimum absolute atomic E-state index is 0.127. The predicted molar refractivity (Wildman–Crippen MR) is 78.1 cm³/mol. The second-order valence-electron chi connectivity index (χ2n) is 4.56. The summed E-state index contributed by atoms with van der Waals surface area (Å²) in [6, 6.07) is 8.72. The van der Waals surface area contributed by atoms with Gasteiger partial charge < -0.3 is 4.74 Å². The molecule has 0 saturated heterocycles. The molecule has 0 aliphatic heterocycles. The Kier molecular flexibility index (Phi) is 5.12. The van der Waals surface area contributed by atoms with Crippen LogP contribution in [0.5, 0.6) is 5.75 Å². The molecule has 1 unspecified atom stereocenters. The van der Waals surface area contributed by atoms with Gasteiger partial charge in [0.25, 0.3) is 0 Å². The number of benzene rings is 2. The second-order valence-corrected chi connectivity index (χ2v) is 4.97. The predicted octanol–water partition coefficient (Wildman–Crippen LogP) is 3.37. The third-order valence-electron chi connectivity index (χ3n) is 3.19. The van der Waals surface area contributed by atoms with E-state index in [1.807, 2.05) is 18.2 Å². The zero-order valence-electron chi connectivity index (χ0n) is 11.4. The molecule has 0 bridgehead atoms. The van der Waals surface area contributed by atoms with Crippen molar-refractivity contribution in [2.45, 2.75) is 12.5 Å². The molecule has 0 heterocycles. The topological polar surface area (TPSA) is 47.3 Å². The first-order valence-corrected chi connectivity index (χ1v) is 6.66. The minimum atomic E-state index is -0.682. The molecule has 0 aromatic heterocycles. The molecule has 0 aliphatic rings. The van der Waals surface area contributed by atoms with E-state index < -0.39 is 17.7 Å². The zero-order valence-corrected chi connectivity index (χ0v) is 12.1. The van der Waals surface area contributed by atoms with Gasteiger partial charge in [0.1, 0.15) is 17.4 Å². The summed E-state index contributed by atoms with van der Waals surface area (Å²) in [7, 11) is 1.56.